The molecule has 1 atom stereocenters. The molecule has 0 amide bonds. The van der Waals surface area contributed by atoms with Crippen LogP contribution in [0.4, 0.5) is 0 Å². The van der Waals surface area contributed by atoms with Crippen molar-refractivity contribution in [3.63, 3.8) is 0 Å². The van der Waals surface area contributed by atoms with Crippen LogP contribution in [0.15, 0.2) is 89.7 Å². The quantitative estimate of drug-likeness (QED) is 0.412. The molecule has 156 valence electrons. The fourth-order valence-corrected chi connectivity index (χ4v) is 3.71. The predicted octanol–water partition coefficient (Wildman–Crippen LogP) is 6.02. The lowest BCUT2D eigenvalue weighted by atomic mass is 9.80. The van der Waals surface area contributed by atoms with Crippen molar-refractivity contribution in [3.05, 3.63) is 101 Å². The fourth-order valence-electron chi connectivity index (χ4n) is 3.71. The fraction of sp³-hybridized carbons (Fsp3) is 0.296. The van der Waals surface area contributed by atoms with Crippen molar-refractivity contribution in [1.29, 1.82) is 0 Å². The van der Waals surface area contributed by atoms with E-state index in [0.29, 0.717) is 6.61 Å². The number of nitrogens with one attached hydrogen (secondary N) is 1. The number of carbonyl (C=O) groups excluding carboxylic acids is 1. The van der Waals surface area contributed by atoms with Gasteiger partial charge in [-0.05, 0) is 42.5 Å². The van der Waals surface area contributed by atoms with Crippen molar-refractivity contribution in [2.75, 3.05) is 13.2 Å². The van der Waals surface area contributed by atoms with Crippen LogP contribution in [-0.4, -0.2) is 19.1 Å². The van der Waals surface area contributed by atoms with Gasteiger partial charge in [-0.15, -0.1) is 0 Å². The Labute approximate surface area is 180 Å². The van der Waals surface area contributed by atoms with E-state index in [4.69, 9.17) is 4.74 Å². The third-order valence-corrected chi connectivity index (χ3v) is 5.24. The molecular formula is C27H31NO2. The molecule has 0 spiro atoms. The van der Waals surface area contributed by atoms with Gasteiger partial charge in [0.25, 0.3) is 0 Å². The van der Waals surface area contributed by atoms with Gasteiger partial charge in [0.05, 0.1) is 12.2 Å². The van der Waals surface area contributed by atoms with Gasteiger partial charge < -0.3 is 10.1 Å². The number of hydrogen-bond donors (Lipinski definition) is 1. The minimum Gasteiger partial charge on any atom is -0.463 e. The highest BCUT2D eigenvalue weighted by molar-refractivity contribution is 5.92. The smallest absolute Gasteiger partial charge is 0.336 e. The van der Waals surface area contributed by atoms with Gasteiger partial charge in [0.2, 0.25) is 0 Å². The molecule has 1 aliphatic rings. The van der Waals surface area contributed by atoms with E-state index in [-0.39, 0.29) is 11.9 Å². The van der Waals surface area contributed by atoms with Gasteiger partial charge in [0.15, 0.2) is 0 Å². The summed E-state index contributed by atoms with van der Waals surface area (Å²) in [5, 5.41) is 3.51. The number of allylic oxidation sites excluding steroid dienone is 3. The highest BCUT2D eigenvalue weighted by Gasteiger charge is 2.30. The SMILES string of the molecule is CCCCNC1=C(C(=O)OCC)C(c2ccccc2)CC(/C=C/c2ccccc2)=C1. The molecule has 3 rings (SSSR count). The number of esters is 1. The van der Waals surface area contributed by atoms with Crippen molar-refractivity contribution in [1.82, 2.24) is 5.32 Å². The van der Waals surface area contributed by atoms with E-state index in [9.17, 15) is 4.79 Å². The van der Waals surface area contributed by atoms with Gasteiger partial charge in [-0.25, -0.2) is 4.79 Å². The lowest BCUT2D eigenvalue weighted by Crippen LogP contribution is -2.26. The standard InChI is InChI=1S/C27H31NO2/c1-3-5-18-28-25-20-22(17-16-21-12-8-6-9-13-21)19-24(23-14-10-7-11-15-23)26(25)27(29)30-4-2/h6-17,20,24,28H,3-5,18-19H2,1-2H3/b17-16+. The zero-order valence-electron chi connectivity index (χ0n) is 17.9. The molecule has 0 bridgehead atoms. The maximum atomic E-state index is 12.9. The van der Waals surface area contributed by atoms with Gasteiger partial charge in [0, 0.05) is 18.2 Å². The maximum Gasteiger partial charge on any atom is 0.336 e. The zero-order chi connectivity index (χ0) is 21.2. The summed E-state index contributed by atoms with van der Waals surface area (Å²) in [6, 6.07) is 20.5. The minimum absolute atomic E-state index is 0.0326. The summed E-state index contributed by atoms with van der Waals surface area (Å²) in [5.41, 5.74) is 5.11. The Bertz CT molecular complexity index is 910. The Morgan fingerprint density at radius 2 is 1.73 bits per heavy atom. The second kappa shape index (κ2) is 11.2. The van der Waals surface area contributed by atoms with Gasteiger partial charge in [-0.1, -0.05) is 86.2 Å². The van der Waals surface area contributed by atoms with Crippen LogP contribution in [0.25, 0.3) is 6.08 Å². The van der Waals surface area contributed by atoms with Crippen LogP contribution in [0.3, 0.4) is 0 Å². The first-order valence-corrected chi connectivity index (χ1v) is 10.9. The molecule has 3 heteroatoms. The normalized spacial score (nSPS) is 16.5. The summed E-state index contributed by atoms with van der Waals surface area (Å²) in [6.45, 7) is 5.23. The predicted molar refractivity (Wildman–Crippen MR) is 124 cm³/mol. The summed E-state index contributed by atoms with van der Waals surface area (Å²) in [4.78, 5) is 12.9. The second-order valence-electron chi connectivity index (χ2n) is 7.46. The number of carbonyl (C=O) groups is 1. The monoisotopic (exact) mass is 401 g/mol. The lowest BCUT2D eigenvalue weighted by Gasteiger charge is -2.27. The highest BCUT2D eigenvalue weighted by atomic mass is 16.5. The van der Waals surface area contributed by atoms with E-state index in [1.807, 2.05) is 43.3 Å². The van der Waals surface area contributed by atoms with E-state index in [0.717, 1.165) is 48.2 Å². The molecular weight excluding hydrogens is 370 g/mol. The number of benzene rings is 2. The summed E-state index contributed by atoms with van der Waals surface area (Å²) in [7, 11) is 0. The average Bonchev–Trinajstić information content (AvgIpc) is 2.79. The molecule has 0 heterocycles. The van der Waals surface area contributed by atoms with E-state index in [1.165, 1.54) is 5.57 Å². The van der Waals surface area contributed by atoms with Crippen LogP contribution < -0.4 is 5.32 Å². The zero-order valence-corrected chi connectivity index (χ0v) is 17.9. The third-order valence-electron chi connectivity index (χ3n) is 5.24. The molecule has 0 saturated heterocycles. The van der Waals surface area contributed by atoms with Gasteiger partial charge in [-0.2, -0.15) is 0 Å². The van der Waals surface area contributed by atoms with Crippen molar-refractivity contribution >= 4 is 12.0 Å². The molecule has 0 radical (unpaired) electrons. The number of hydrogen-bond acceptors (Lipinski definition) is 3. The molecule has 3 nitrogen and oxygen atoms in total. The molecule has 2 aromatic rings. The molecule has 30 heavy (non-hydrogen) atoms. The Hall–Kier alpha value is -3.07. The minimum atomic E-state index is -0.229. The molecule has 0 saturated carbocycles. The van der Waals surface area contributed by atoms with Crippen molar-refractivity contribution < 1.29 is 9.53 Å². The summed E-state index contributed by atoms with van der Waals surface area (Å²) < 4.78 is 5.45. The number of unbranched alkanes of at least 4 members (excludes halogenated alkanes) is 1. The topological polar surface area (TPSA) is 38.3 Å². The second-order valence-corrected chi connectivity index (χ2v) is 7.46. The van der Waals surface area contributed by atoms with Crippen LogP contribution in [-0.2, 0) is 9.53 Å². The largest absolute Gasteiger partial charge is 0.463 e. The maximum absolute atomic E-state index is 12.9. The Morgan fingerprint density at radius 1 is 1.03 bits per heavy atom. The Balaban J connectivity index is 2.01. The molecule has 2 aromatic carbocycles. The Kier molecular flexibility index (Phi) is 8.08. The molecule has 0 aliphatic heterocycles. The van der Waals surface area contributed by atoms with E-state index < -0.39 is 0 Å². The molecule has 1 unspecified atom stereocenters. The first-order chi connectivity index (χ1) is 14.7. The van der Waals surface area contributed by atoms with Gasteiger partial charge in [-0.3, -0.25) is 0 Å². The first-order valence-electron chi connectivity index (χ1n) is 10.9. The molecule has 1 N–H and O–H groups in total. The van der Waals surface area contributed by atoms with Crippen LogP contribution in [0.5, 0.6) is 0 Å². The number of ether oxygens (including phenoxy) is 1. The Morgan fingerprint density at radius 3 is 2.40 bits per heavy atom. The number of rotatable bonds is 9. The van der Waals surface area contributed by atoms with Crippen molar-refractivity contribution in [3.8, 4) is 0 Å². The van der Waals surface area contributed by atoms with E-state index in [2.05, 4.69) is 54.7 Å². The lowest BCUT2D eigenvalue weighted by molar-refractivity contribution is -0.138. The molecule has 0 aromatic heterocycles. The van der Waals surface area contributed by atoms with Crippen LogP contribution in [0.1, 0.15) is 50.2 Å². The average molecular weight is 402 g/mol. The summed E-state index contributed by atoms with van der Waals surface area (Å²) in [5.74, 6) is -0.262. The van der Waals surface area contributed by atoms with E-state index in [1.54, 1.807) is 0 Å². The van der Waals surface area contributed by atoms with Gasteiger partial charge >= 0.3 is 5.97 Å². The first kappa shape index (κ1) is 21.6. The summed E-state index contributed by atoms with van der Waals surface area (Å²) >= 11 is 0. The van der Waals surface area contributed by atoms with Crippen LogP contribution >= 0.6 is 0 Å². The molecule has 1 aliphatic carbocycles. The van der Waals surface area contributed by atoms with Gasteiger partial charge in [0.1, 0.15) is 0 Å². The van der Waals surface area contributed by atoms with Crippen LogP contribution in [0, 0.1) is 0 Å². The van der Waals surface area contributed by atoms with Crippen molar-refractivity contribution in [2.24, 2.45) is 0 Å². The van der Waals surface area contributed by atoms with Crippen LogP contribution in [0.2, 0.25) is 0 Å². The van der Waals surface area contributed by atoms with Crippen molar-refractivity contribution in [2.45, 2.75) is 39.0 Å². The molecule has 0 fully saturated rings. The third kappa shape index (κ3) is 5.73. The highest BCUT2D eigenvalue weighted by Crippen LogP contribution is 2.38. The summed E-state index contributed by atoms with van der Waals surface area (Å²) in [6.07, 6.45) is 9.32. The van der Waals surface area contributed by atoms with E-state index >= 15 is 0 Å².